The minimum absolute atomic E-state index is 0.869. The Hall–Kier alpha value is -7.62. The minimum atomic E-state index is 0.869. The third-order valence-electron chi connectivity index (χ3n) is 11.8. The number of pyridine rings is 2. The molecule has 12 aromatic rings. The molecule has 0 saturated carbocycles. The summed E-state index contributed by atoms with van der Waals surface area (Å²) >= 11 is 0. The van der Waals surface area contributed by atoms with Gasteiger partial charge < -0.3 is 0 Å². The summed E-state index contributed by atoms with van der Waals surface area (Å²) in [6, 6.07) is 70.4. The standard InChI is InChI=1S/C54H33N3/c1-3-17-39-35(13-1)15-11-23-41(39)50-43-19-5-6-20-44(43)51(42-24-12-16-36-14-2-4-18-40(36)42)48-33-38(30-31-45(48)50)34-26-28-37(29-27-34)52-46-21-7-8-22-47(46)53-54(56-52)57-32-10-9-25-49(57)55-53/h1-33H. The number of aromatic nitrogens is 3. The molecule has 57 heavy (non-hydrogen) atoms. The second kappa shape index (κ2) is 12.5. The maximum Gasteiger partial charge on any atom is 0.165 e. The van der Waals surface area contributed by atoms with Gasteiger partial charge in [0.25, 0.3) is 0 Å². The van der Waals surface area contributed by atoms with Gasteiger partial charge in [0.15, 0.2) is 5.65 Å². The highest BCUT2D eigenvalue weighted by Gasteiger charge is 2.20. The fourth-order valence-electron chi connectivity index (χ4n) is 9.20. The molecular formula is C54H33N3. The maximum absolute atomic E-state index is 5.26. The summed E-state index contributed by atoms with van der Waals surface area (Å²) < 4.78 is 2.08. The van der Waals surface area contributed by atoms with Crippen molar-refractivity contribution in [3.63, 3.8) is 0 Å². The molecule has 3 heterocycles. The van der Waals surface area contributed by atoms with Crippen LogP contribution < -0.4 is 0 Å². The molecule has 3 aromatic heterocycles. The lowest BCUT2D eigenvalue weighted by atomic mass is 9.83. The van der Waals surface area contributed by atoms with Crippen LogP contribution in [-0.4, -0.2) is 14.4 Å². The topological polar surface area (TPSA) is 30.2 Å². The van der Waals surface area contributed by atoms with Crippen LogP contribution in [0.15, 0.2) is 200 Å². The van der Waals surface area contributed by atoms with E-state index in [2.05, 4.69) is 180 Å². The van der Waals surface area contributed by atoms with Crippen molar-refractivity contribution in [1.29, 1.82) is 0 Å². The van der Waals surface area contributed by atoms with Crippen LogP contribution in [0.2, 0.25) is 0 Å². The Morgan fingerprint density at radius 2 is 0.842 bits per heavy atom. The second-order valence-corrected chi connectivity index (χ2v) is 14.9. The van der Waals surface area contributed by atoms with Crippen molar-refractivity contribution in [2.24, 2.45) is 0 Å². The van der Waals surface area contributed by atoms with E-state index in [1.807, 2.05) is 24.4 Å². The van der Waals surface area contributed by atoms with Gasteiger partial charge in [-0.2, -0.15) is 0 Å². The Balaban J connectivity index is 1.10. The molecule has 0 aliphatic heterocycles. The molecule has 0 radical (unpaired) electrons. The van der Waals surface area contributed by atoms with Crippen LogP contribution in [0.5, 0.6) is 0 Å². The van der Waals surface area contributed by atoms with E-state index in [0.29, 0.717) is 0 Å². The van der Waals surface area contributed by atoms with E-state index in [9.17, 15) is 0 Å². The van der Waals surface area contributed by atoms with Crippen LogP contribution in [0, 0.1) is 0 Å². The van der Waals surface area contributed by atoms with Gasteiger partial charge in [-0.05, 0) is 94.7 Å². The lowest BCUT2D eigenvalue weighted by Gasteiger charge is -2.20. The third-order valence-corrected chi connectivity index (χ3v) is 11.8. The first kappa shape index (κ1) is 31.7. The molecule has 0 spiro atoms. The van der Waals surface area contributed by atoms with Gasteiger partial charge in [-0.25, -0.2) is 9.97 Å². The van der Waals surface area contributed by atoms with Crippen molar-refractivity contribution in [3.05, 3.63) is 200 Å². The zero-order chi connectivity index (χ0) is 37.5. The molecule has 0 fully saturated rings. The van der Waals surface area contributed by atoms with Crippen molar-refractivity contribution in [3.8, 4) is 44.6 Å². The summed E-state index contributed by atoms with van der Waals surface area (Å²) in [5.41, 5.74) is 12.1. The Morgan fingerprint density at radius 3 is 1.53 bits per heavy atom. The molecular weight excluding hydrogens is 691 g/mol. The van der Waals surface area contributed by atoms with E-state index in [0.717, 1.165) is 44.4 Å². The van der Waals surface area contributed by atoms with E-state index in [1.165, 1.54) is 70.9 Å². The number of rotatable bonds is 4. The number of fused-ring (bicyclic) bond motifs is 9. The molecule has 0 N–H and O–H groups in total. The number of nitrogens with zero attached hydrogens (tertiary/aromatic N) is 3. The maximum atomic E-state index is 5.26. The summed E-state index contributed by atoms with van der Waals surface area (Å²) in [5.74, 6) is 0. The predicted octanol–water partition coefficient (Wildman–Crippen LogP) is 14.3. The first-order chi connectivity index (χ1) is 28.3. The first-order valence-electron chi connectivity index (χ1n) is 19.5. The lowest BCUT2D eigenvalue weighted by molar-refractivity contribution is 1.19. The molecule has 0 saturated heterocycles. The lowest BCUT2D eigenvalue weighted by Crippen LogP contribution is -1.93. The molecule has 12 rings (SSSR count). The van der Waals surface area contributed by atoms with Crippen LogP contribution >= 0.6 is 0 Å². The number of hydrogen-bond donors (Lipinski definition) is 0. The molecule has 0 unspecified atom stereocenters. The quantitative estimate of drug-likeness (QED) is 0.169. The van der Waals surface area contributed by atoms with Crippen LogP contribution in [-0.2, 0) is 0 Å². The zero-order valence-electron chi connectivity index (χ0n) is 30.9. The molecule has 264 valence electrons. The Bertz CT molecular complexity index is 3570. The third kappa shape index (κ3) is 4.86. The van der Waals surface area contributed by atoms with Gasteiger partial charge in [0.1, 0.15) is 11.2 Å². The summed E-state index contributed by atoms with van der Waals surface area (Å²) in [5, 5.41) is 12.2. The van der Waals surface area contributed by atoms with Gasteiger partial charge in [0.05, 0.1) is 5.69 Å². The molecule has 0 amide bonds. The first-order valence-corrected chi connectivity index (χ1v) is 19.5. The van der Waals surface area contributed by atoms with E-state index in [-0.39, 0.29) is 0 Å². The fraction of sp³-hybridized carbons (Fsp3) is 0. The summed E-state index contributed by atoms with van der Waals surface area (Å²) in [6.07, 6.45) is 2.04. The zero-order valence-corrected chi connectivity index (χ0v) is 30.9. The largest absolute Gasteiger partial charge is 0.284 e. The highest BCUT2D eigenvalue weighted by Crippen LogP contribution is 2.47. The Labute approximate surface area is 328 Å². The fourth-order valence-corrected chi connectivity index (χ4v) is 9.20. The van der Waals surface area contributed by atoms with E-state index in [4.69, 9.17) is 9.97 Å². The highest BCUT2D eigenvalue weighted by atomic mass is 15.1. The smallest absolute Gasteiger partial charge is 0.165 e. The van der Waals surface area contributed by atoms with Crippen LogP contribution in [0.4, 0.5) is 0 Å². The van der Waals surface area contributed by atoms with Gasteiger partial charge in [-0.3, -0.25) is 4.40 Å². The predicted molar refractivity (Wildman–Crippen MR) is 240 cm³/mol. The normalized spacial score (nSPS) is 11.9. The van der Waals surface area contributed by atoms with Crippen molar-refractivity contribution in [2.75, 3.05) is 0 Å². The van der Waals surface area contributed by atoms with Crippen molar-refractivity contribution < 1.29 is 0 Å². The van der Waals surface area contributed by atoms with Crippen molar-refractivity contribution in [1.82, 2.24) is 14.4 Å². The van der Waals surface area contributed by atoms with Gasteiger partial charge in [0, 0.05) is 22.5 Å². The SMILES string of the molecule is c1ccc2c(-c3c4ccccc4c(-c4cccc5ccccc45)c4cc(-c5ccc(-c6nc7c(nc8ccccn87)c7ccccc67)cc5)ccc34)cccc2c1. The highest BCUT2D eigenvalue weighted by molar-refractivity contribution is 6.25. The number of hydrogen-bond acceptors (Lipinski definition) is 2. The molecule has 0 atom stereocenters. The summed E-state index contributed by atoms with van der Waals surface area (Å²) in [6.45, 7) is 0. The van der Waals surface area contributed by atoms with Crippen LogP contribution in [0.3, 0.4) is 0 Å². The Morgan fingerprint density at radius 1 is 0.333 bits per heavy atom. The van der Waals surface area contributed by atoms with Crippen molar-refractivity contribution in [2.45, 2.75) is 0 Å². The molecule has 0 aliphatic carbocycles. The molecule has 3 heteroatoms. The average Bonchev–Trinajstić information content (AvgIpc) is 3.66. The van der Waals surface area contributed by atoms with E-state index >= 15 is 0 Å². The van der Waals surface area contributed by atoms with Gasteiger partial charge >= 0.3 is 0 Å². The Kier molecular flexibility index (Phi) is 6.93. The van der Waals surface area contributed by atoms with Crippen molar-refractivity contribution >= 4 is 70.7 Å². The summed E-state index contributed by atoms with van der Waals surface area (Å²) in [7, 11) is 0. The monoisotopic (exact) mass is 723 g/mol. The van der Waals surface area contributed by atoms with Gasteiger partial charge in [-0.1, -0.05) is 176 Å². The van der Waals surface area contributed by atoms with Crippen LogP contribution in [0.1, 0.15) is 0 Å². The minimum Gasteiger partial charge on any atom is -0.284 e. The number of benzene rings is 9. The van der Waals surface area contributed by atoms with E-state index < -0.39 is 0 Å². The van der Waals surface area contributed by atoms with Gasteiger partial charge in [0.2, 0.25) is 0 Å². The molecule has 9 aromatic carbocycles. The molecule has 0 bridgehead atoms. The van der Waals surface area contributed by atoms with Crippen LogP contribution in [0.25, 0.3) is 115 Å². The molecule has 3 nitrogen and oxygen atoms in total. The number of imidazole rings is 1. The summed E-state index contributed by atoms with van der Waals surface area (Å²) in [4.78, 5) is 10.2. The average molecular weight is 724 g/mol. The molecule has 0 aliphatic rings. The second-order valence-electron chi connectivity index (χ2n) is 14.9. The van der Waals surface area contributed by atoms with Gasteiger partial charge in [-0.15, -0.1) is 0 Å². The van der Waals surface area contributed by atoms with E-state index in [1.54, 1.807) is 0 Å².